The molecular weight excluding hydrogens is 470 g/mol. The SMILES string of the molecule is CC(C)CN1C(=O)C(NC(=O)Nc2cccc(-c3nn[nH]n3)c2)N=C(C2CCNCC2)c2ccccc21. The molecule has 2 aliphatic rings. The van der Waals surface area contributed by atoms with E-state index in [9.17, 15) is 9.59 Å². The van der Waals surface area contributed by atoms with Gasteiger partial charge in [-0.15, -0.1) is 10.2 Å². The number of aromatic amines is 1. The lowest BCUT2D eigenvalue weighted by molar-refractivity contribution is -0.120. The zero-order valence-electron chi connectivity index (χ0n) is 20.9. The van der Waals surface area contributed by atoms with E-state index in [0.29, 0.717) is 23.6 Å². The van der Waals surface area contributed by atoms with Crippen LogP contribution in [0.1, 0.15) is 32.3 Å². The lowest BCUT2D eigenvalue weighted by Gasteiger charge is -2.27. The van der Waals surface area contributed by atoms with Crippen LogP contribution < -0.4 is 20.9 Å². The number of nitrogens with zero attached hydrogens (tertiary/aromatic N) is 5. The smallest absolute Gasteiger partial charge is 0.317 e. The van der Waals surface area contributed by atoms with E-state index in [1.54, 1.807) is 23.1 Å². The standard InChI is InChI=1S/C26H31N9O2/c1-16(2)15-35-21-9-4-3-8-20(21)22(17-10-12-27-13-11-17)29-24(25(35)36)30-26(37)28-19-7-5-6-18(14-19)23-31-33-34-32-23/h3-9,14,16-17,24,27H,10-13,15H2,1-2H3,(H2,28,30,37)(H,31,32,33,34). The van der Waals surface area contributed by atoms with Gasteiger partial charge < -0.3 is 20.9 Å². The summed E-state index contributed by atoms with van der Waals surface area (Å²) in [7, 11) is 0. The maximum Gasteiger partial charge on any atom is 0.321 e. The van der Waals surface area contributed by atoms with Gasteiger partial charge in [0.1, 0.15) is 0 Å². The molecule has 3 amide bonds. The van der Waals surface area contributed by atoms with Crippen molar-refractivity contribution in [2.24, 2.45) is 16.8 Å². The molecule has 3 aromatic rings. The molecule has 11 nitrogen and oxygen atoms in total. The molecule has 3 heterocycles. The fourth-order valence-electron chi connectivity index (χ4n) is 4.84. The van der Waals surface area contributed by atoms with Crippen LogP contribution in [0.2, 0.25) is 0 Å². The third-order valence-corrected chi connectivity index (χ3v) is 6.50. The van der Waals surface area contributed by atoms with Crippen molar-refractivity contribution in [1.82, 2.24) is 31.3 Å². The number of nitrogens with one attached hydrogen (secondary N) is 4. The molecular formula is C26H31N9O2. The fraction of sp³-hybridized carbons (Fsp3) is 0.385. The molecule has 1 aromatic heterocycles. The molecule has 5 rings (SSSR count). The predicted octanol–water partition coefficient (Wildman–Crippen LogP) is 2.81. The Hall–Kier alpha value is -4.12. The molecule has 4 N–H and O–H groups in total. The topological polar surface area (TPSA) is 140 Å². The number of H-pyrrole nitrogens is 1. The second-order valence-electron chi connectivity index (χ2n) is 9.72. The van der Waals surface area contributed by atoms with Gasteiger partial charge in [0, 0.05) is 29.3 Å². The average molecular weight is 502 g/mol. The van der Waals surface area contributed by atoms with Crippen LogP contribution >= 0.6 is 0 Å². The molecule has 0 bridgehead atoms. The Morgan fingerprint density at radius 1 is 1.14 bits per heavy atom. The number of hydrogen-bond donors (Lipinski definition) is 4. The van der Waals surface area contributed by atoms with Crippen molar-refractivity contribution < 1.29 is 9.59 Å². The number of carbonyl (C=O) groups is 2. The second-order valence-corrected chi connectivity index (χ2v) is 9.72. The first-order valence-corrected chi connectivity index (χ1v) is 12.6. The van der Waals surface area contributed by atoms with Crippen molar-refractivity contribution in [3.8, 4) is 11.4 Å². The van der Waals surface area contributed by atoms with E-state index in [4.69, 9.17) is 4.99 Å². The molecule has 37 heavy (non-hydrogen) atoms. The van der Waals surface area contributed by atoms with Crippen LogP contribution in [0.25, 0.3) is 11.4 Å². The molecule has 1 saturated heterocycles. The number of aliphatic imine (C=N–C) groups is 1. The van der Waals surface area contributed by atoms with E-state index in [0.717, 1.165) is 42.9 Å². The first-order chi connectivity index (χ1) is 18.0. The quantitative estimate of drug-likeness (QED) is 0.409. The Morgan fingerprint density at radius 3 is 2.70 bits per heavy atom. The molecule has 0 spiro atoms. The maximum atomic E-state index is 13.8. The summed E-state index contributed by atoms with van der Waals surface area (Å²) in [6.07, 6.45) is 0.803. The van der Waals surface area contributed by atoms with Crippen LogP contribution in [0.5, 0.6) is 0 Å². The summed E-state index contributed by atoms with van der Waals surface area (Å²) in [6, 6.07) is 14.5. The normalized spacial score (nSPS) is 18.2. The summed E-state index contributed by atoms with van der Waals surface area (Å²) < 4.78 is 0. The van der Waals surface area contributed by atoms with Crippen molar-refractivity contribution in [2.45, 2.75) is 32.9 Å². The molecule has 0 aliphatic carbocycles. The number of carbonyl (C=O) groups excluding carboxylic acids is 2. The number of amides is 3. The molecule has 0 saturated carbocycles. The van der Waals surface area contributed by atoms with Gasteiger partial charge >= 0.3 is 6.03 Å². The van der Waals surface area contributed by atoms with Crippen molar-refractivity contribution in [3.63, 3.8) is 0 Å². The summed E-state index contributed by atoms with van der Waals surface area (Å²) in [6.45, 7) is 6.45. The van der Waals surface area contributed by atoms with Crippen LogP contribution in [0, 0.1) is 11.8 Å². The predicted molar refractivity (Wildman–Crippen MR) is 141 cm³/mol. The Bertz CT molecular complexity index is 1280. The Kier molecular flexibility index (Phi) is 7.22. The summed E-state index contributed by atoms with van der Waals surface area (Å²) in [5, 5.41) is 23.0. The highest BCUT2D eigenvalue weighted by atomic mass is 16.2. The van der Waals surface area contributed by atoms with E-state index in [2.05, 4.69) is 50.4 Å². The number of para-hydroxylation sites is 1. The highest BCUT2D eigenvalue weighted by molar-refractivity contribution is 6.14. The van der Waals surface area contributed by atoms with Crippen molar-refractivity contribution in [3.05, 3.63) is 54.1 Å². The van der Waals surface area contributed by atoms with E-state index >= 15 is 0 Å². The summed E-state index contributed by atoms with van der Waals surface area (Å²) >= 11 is 0. The Morgan fingerprint density at radius 2 is 1.95 bits per heavy atom. The Balaban J connectivity index is 1.44. The molecule has 1 fully saturated rings. The number of benzene rings is 2. The number of hydrogen-bond acceptors (Lipinski definition) is 7. The first kappa shape index (κ1) is 24.6. The van der Waals surface area contributed by atoms with Crippen molar-refractivity contribution in [1.29, 1.82) is 0 Å². The summed E-state index contributed by atoms with van der Waals surface area (Å²) in [5.41, 5.74) is 3.91. The lowest BCUT2D eigenvalue weighted by Crippen LogP contribution is -2.49. The number of anilines is 2. The molecule has 0 radical (unpaired) electrons. The van der Waals surface area contributed by atoms with Crippen LogP contribution in [-0.4, -0.2) is 64.1 Å². The molecule has 11 heteroatoms. The zero-order chi connectivity index (χ0) is 25.8. The number of benzodiazepines with no additional fused rings is 1. The molecule has 2 aliphatic heterocycles. The summed E-state index contributed by atoms with van der Waals surface area (Å²) in [5.74, 6) is 0.607. The van der Waals surface area contributed by atoms with Gasteiger partial charge in [0.2, 0.25) is 12.0 Å². The number of urea groups is 1. The minimum absolute atomic E-state index is 0.202. The highest BCUT2D eigenvalue weighted by Crippen LogP contribution is 2.31. The first-order valence-electron chi connectivity index (χ1n) is 12.6. The molecule has 1 atom stereocenters. The van der Waals surface area contributed by atoms with Gasteiger partial charge in [-0.1, -0.05) is 44.2 Å². The van der Waals surface area contributed by atoms with E-state index in [-0.39, 0.29) is 17.7 Å². The lowest BCUT2D eigenvalue weighted by atomic mass is 9.88. The van der Waals surface area contributed by atoms with Crippen molar-refractivity contribution in [2.75, 3.05) is 29.9 Å². The van der Waals surface area contributed by atoms with Gasteiger partial charge in [0.05, 0.1) is 11.4 Å². The van der Waals surface area contributed by atoms with E-state index in [1.807, 2.05) is 30.3 Å². The minimum Gasteiger partial charge on any atom is -0.317 e. The van der Waals surface area contributed by atoms with Gasteiger partial charge in [-0.3, -0.25) is 9.79 Å². The van der Waals surface area contributed by atoms with Gasteiger partial charge in [0.15, 0.2) is 0 Å². The van der Waals surface area contributed by atoms with Gasteiger partial charge in [-0.25, -0.2) is 4.79 Å². The third kappa shape index (κ3) is 5.51. The summed E-state index contributed by atoms with van der Waals surface area (Å²) in [4.78, 5) is 33.6. The number of rotatable bonds is 6. The monoisotopic (exact) mass is 501 g/mol. The average Bonchev–Trinajstić information content (AvgIpc) is 3.42. The second kappa shape index (κ2) is 10.9. The van der Waals surface area contributed by atoms with E-state index in [1.165, 1.54) is 0 Å². The van der Waals surface area contributed by atoms with Crippen LogP contribution in [-0.2, 0) is 4.79 Å². The van der Waals surface area contributed by atoms with Gasteiger partial charge in [-0.2, -0.15) is 5.21 Å². The van der Waals surface area contributed by atoms with Crippen LogP contribution in [0.3, 0.4) is 0 Å². The third-order valence-electron chi connectivity index (χ3n) is 6.50. The highest BCUT2D eigenvalue weighted by Gasteiger charge is 2.35. The molecule has 192 valence electrons. The van der Waals surface area contributed by atoms with Crippen LogP contribution in [0.15, 0.2) is 53.5 Å². The van der Waals surface area contributed by atoms with Crippen LogP contribution in [0.4, 0.5) is 16.2 Å². The number of aromatic nitrogens is 4. The molecule has 1 unspecified atom stereocenters. The zero-order valence-corrected chi connectivity index (χ0v) is 20.9. The van der Waals surface area contributed by atoms with Crippen molar-refractivity contribution >= 4 is 29.0 Å². The van der Waals surface area contributed by atoms with E-state index < -0.39 is 12.2 Å². The fourth-order valence-corrected chi connectivity index (χ4v) is 4.84. The van der Waals surface area contributed by atoms with Gasteiger partial charge in [0.25, 0.3) is 5.91 Å². The number of fused-ring (bicyclic) bond motifs is 1. The van der Waals surface area contributed by atoms with Gasteiger partial charge in [-0.05, 0) is 55.3 Å². The minimum atomic E-state index is -1.04. The number of piperidine rings is 1. The molecule has 2 aromatic carbocycles. The number of tetrazole rings is 1. The largest absolute Gasteiger partial charge is 0.321 e. The Labute approximate surface area is 215 Å². The maximum absolute atomic E-state index is 13.8.